The third-order valence-electron chi connectivity index (χ3n) is 2.31. The highest BCUT2D eigenvalue weighted by molar-refractivity contribution is 6.48. The van der Waals surface area contributed by atoms with E-state index in [0.717, 1.165) is 6.61 Å². The van der Waals surface area contributed by atoms with E-state index in [1.807, 2.05) is 7.48 Å². The van der Waals surface area contributed by atoms with E-state index in [9.17, 15) is 0 Å². The van der Waals surface area contributed by atoms with Gasteiger partial charge in [-0.05, 0) is 22.5 Å². The highest BCUT2D eigenvalue weighted by atomic mass is 16.4. The van der Waals surface area contributed by atoms with E-state index in [1.165, 1.54) is 16.6 Å². The zero-order valence-corrected chi connectivity index (χ0v) is 7.50. The SMILES string of the molecule is CC(C)c1cccc2c1CO[B]2. The standard InChI is InChI=1S/C10H12BO/c1-7(2)8-4-3-5-10-9(8)6-12-11-10/h3-5,7H,6H2,1-2H3. The summed E-state index contributed by atoms with van der Waals surface area (Å²) in [6, 6.07) is 6.39. The number of hydrogen-bond acceptors (Lipinski definition) is 1. The Labute approximate surface area is 74.0 Å². The average molecular weight is 159 g/mol. The Balaban J connectivity index is 2.49. The van der Waals surface area contributed by atoms with E-state index >= 15 is 0 Å². The lowest BCUT2D eigenvalue weighted by atomic mass is 9.83. The second-order valence-corrected chi connectivity index (χ2v) is 3.50. The lowest BCUT2D eigenvalue weighted by molar-refractivity contribution is 0.343. The summed E-state index contributed by atoms with van der Waals surface area (Å²) in [5.41, 5.74) is 4.04. The van der Waals surface area contributed by atoms with Crippen LogP contribution in [0.2, 0.25) is 0 Å². The molecule has 0 atom stereocenters. The van der Waals surface area contributed by atoms with Gasteiger partial charge in [0.1, 0.15) is 0 Å². The smallest absolute Gasteiger partial charge is 0.330 e. The molecular formula is C10H12BO. The number of fused-ring (bicyclic) bond motifs is 1. The molecule has 1 radical (unpaired) electrons. The summed E-state index contributed by atoms with van der Waals surface area (Å²) in [6.45, 7) is 5.19. The maximum Gasteiger partial charge on any atom is 0.330 e. The second-order valence-electron chi connectivity index (χ2n) is 3.50. The van der Waals surface area contributed by atoms with Gasteiger partial charge in [0.05, 0.1) is 6.61 Å². The van der Waals surface area contributed by atoms with Crippen molar-refractivity contribution in [3.05, 3.63) is 29.3 Å². The van der Waals surface area contributed by atoms with Crippen LogP contribution in [-0.4, -0.2) is 7.48 Å². The average Bonchev–Trinajstić information content (AvgIpc) is 2.49. The Hall–Kier alpha value is -0.755. The summed E-state index contributed by atoms with van der Waals surface area (Å²) in [5, 5.41) is 0. The van der Waals surface area contributed by atoms with E-state index in [-0.39, 0.29) is 0 Å². The van der Waals surface area contributed by atoms with Gasteiger partial charge in [-0.1, -0.05) is 32.0 Å². The lowest BCUT2D eigenvalue weighted by Gasteiger charge is -2.10. The highest BCUT2D eigenvalue weighted by Gasteiger charge is 2.17. The first kappa shape index (κ1) is 7.87. The summed E-state index contributed by atoms with van der Waals surface area (Å²) >= 11 is 0. The summed E-state index contributed by atoms with van der Waals surface area (Å²) < 4.78 is 5.28. The van der Waals surface area contributed by atoms with Crippen LogP contribution >= 0.6 is 0 Å². The van der Waals surface area contributed by atoms with Crippen molar-refractivity contribution in [1.29, 1.82) is 0 Å². The van der Waals surface area contributed by atoms with Gasteiger partial charge in [0, 0.05) is 0 Å². The van der Waals surface area contributed by atoms with Gasteiger partial charge >= 0.3 is 7.48 Å². The number of hydrogen-bond donors (Lipinski definition) is 0. The van der Waals surface area contributed by atoms with Crippen molar-refractivity contribution < 1.29 is 4.65 Å². The predicted octanol–water partition coefficient (Wildman–Crippen LogP) is 1.58. The van der Waals surface area contributed by atoms with Crippen LogP contribution in [0.1, 0.15) is 30.9 Å². The van der Waals surface area contributed by atoms with E-state index < -0.39 is 0 Å². The van der Waals surface area contributed by atoms with Crippen LogP contribution in [0.3, 0.4) is 0 Å². The molecule has 12 heavy (non-hydrogen) atoms. The molecule has 0 spiro atoms. The van der Waals surface area contributed by atoms with Crippen LogP contribution in [0.15, 0.2) is 18.2 Å². The molecule has 1 nitrogen and oxygen atoms in total. The lowest BCUT2D eigenvalue weighted by Crippen LogP contribution is -2.12. The zero-order chi connectivity index (χ0) is 8.55. The Morgan fingerprint density at radius 3 is 3.00 bits per heavy atom. The largest absolute Gasteiger partial charge is 0.430 e. The minimum Gasteiger partial charge on any atom is -0.430 e. The van der Waals surface area contributed by atoms with Crippen LogP contribution in [0.25, 0.3) is 0 Å². The van der Waals surface area contributed by atoms with Gasteiger partial charge in [0.2, 0.25) is 0 Å². The molecule has 0 unspecified atom stereocenters. The predicted molar refractivity (Wildman–Crippen MR) is 50.7 cm³/mol. The van der Waals surface area contributed by atoms with Gasteiger partial charge in [-0.3, -0.25) is 0 Å². The van der Waals surface area contributed by atoms with Crippen LogP contribution in [0, 0.1) is 0 Å². The van der Waals surface area contributed by atoms with Crippen molar-refractivity contribution in [2.45, 2.75) is 26.4 Å². The molecule has 1 aromatic carbocycles. The molecule has 1 aliphatic rings. The minimum absolute atomic E-state index is 0.593. The second kappa shape index (κ2) is 2.94. The first-order valence-electron chi connectivity index (χ1n) is 4.35. The highest BCUT2D eigenvalue weighted by Crippen LogP contribution is 2.20. The molecule has 2 heteroatoms. The molecule has 61 valence electrons. The maximum atomic E-state index is 5.28. The summed E-state index contributed by atoms with van der Waals surface area (Å²) in [6.07, 6.45) is 0. The van der Waals surface area contributed by atoms with Gasteiger partial charge in [-0.25, -0.2) is 0 Å². The molecule has 0 aliphatic carbocycles. The zero-order valence-electron chi connectivity index (χ0n) is 7.50. The molecule has 1 heterocycles. The van der Waals surface area contributed by atoms with E-state index in [0.29, 0.717) is 5.92 Å². The van der Waals surface area contributed by atoms with Gasteiger partial charge in [0.15, 0.2) is 0 Å². The van der Waals surface area contributed by atoms with Crippen molar-refractivity contribution >= 4 is 12.9 Å². The fraction of sp³-hybridized carbons (Fsp3) is 0.400. The molecule has 0 N–H and O–H groups in total. The monoisotopic (exact) mass is 159 g/mol. The summed E-state index contributed by atoms with van der Waals surface area (Å²) in [4.78, 5) is 0. The van der Waals surface area contributed by atoms with Crippen LogP contribution in [0.4, 0.5) is 0 Å². The quantitative estimate of drug-likeness (QED) is 0.565. The Morgan fingerprint density at radius 2 is 2.25 bits per heavy atom. The molecule has 1 aliphatic heterocycles. The van der Waals surface area contributed by atoms with Gasteiger partial charge in [0.25, 0.3) is 0 Å². The molecule has 0 aromatic heterocycles. The fourth-order valence-electron chi connectivity index (χ4n) is 1.66. The van der Waals surface area contributed by atoms with Gasteiger partial charge < -0.3 is 4.65 Å². The van der Waals surface area contributed by atoms with Crippen molar-refractivity contribution in [2.24, 2.45) is 0 Å². The molecule has 2 rings (SSSR count). The Morgan fingerprint density at radius 1 is 1.42 bits per heavy atom. The van der Waals surface area contributed by atoms with Crippen LogP contribution in [-0.2, 0) is 11.3 Å². The molecule has 0 saturated heterocycles. The molecule has 0 bridgehead atoms. The molecule has 0 saturated carbocycles. The molecule has 0 amide bonds. The van der Waals surface area contributed by atoms with Crippen molar-refractivity contribution in [3.63, 3.8) is 0 Å². The first-order valence-corrected chi connectivity index (χ1v) is 4.35. The summed E-state index contributed by atoms with van der Waals surface area (Å²) in [5.74, 6) is 0.593. The minimum atomic E-state index is 0.593. The molecular weight excluding hydrogens is 147 g/mol. The maximum absolute atomic E-state index is 5.28. The van der Waals surface area contributed by atoms with E-state index in [2.05, 4.69) is 32.0 Å². The third kappa shape index (κ3) is 1.16. The van der Waals surface area contributed by atoms with E-state index in [1.54, 1.807) is 0 Å². The third-order valence-corrected chi connectivity index (χ3v) is 2.31. The van der Waals surface area contributed by atoms with Crippen LogP contribution < -0.4 is 5.46 Å². The van der Waals surface area contributed by atoms with Crippen molar-refractivity contribution in [2.75, 3.05) is 0 Å². The normalized spacial score (nSPS) is 14.6. The number of benzene rings is 1. The van der Waals surface area contributed by atoms with Gasteiger partial charge in [-0.15, -0.1) is 0 Å². The van der Waals surface area contributed by atoms with Crippen LogP contribution in [0.5, 0.6) is 0 Å². The summed E-state index contributed by atoms with van der Waals surface area (Å²) in [7, 11) is 1.85. The fourth-order valence-corrected chi connectivity index (χ4v) is 1.66. The first-order chi connectivity index (χ1) is 5.79. The van der Waals surface area contributed by atoms with Crippen molar-refractivity contribution in [1.82, 2.24) is 0 Å². The Bertz CT molecular complexity index is 294. The van der Waals surface area contributed by atoms with Gasteiger partial charge in [-0.2, -0.15) is 0 Å². The van der Waals surface area contributed by atoms with E-state index in [4.69, 9.17) is 4.65 Å². The molecule has 1 aromatic rings. The number of rotatable bonds is 1. The topological polar surface area (TPSA) is 9.23 Å². The Kier molecular flexibility index (Phi) is 1.93. The van der Waals surface area contributed by atoms with Crippen molar-refractivity contribution in [3.8, 4) is 0 Å². The molecule has 0 fully saturated rings.